The lowest BCUT2D eigenvalue weighted by Gasteiger charge is -2.41. The van der Waals surface area contributed by atoms with Gasteiger partial charge in [0.15, 0.2) is 12.6 Å². The van der Waals surface area contributed by atoms with Gasteiger partial charge in [0, 0.05) is 17.3 Å². The summed E-state index contributed by atoms with van der Waals surface area (Å²) in [6, 6.07) is 11.5. The molecule has 0 aromatic heterocycles. The zero-order valence-corrected chi connectivity index (χ0v) is 22.4. The van der Waals surface area contributed by atoms with Crippen molar-refractivity contribution in [1.29, 1.82) is 0 Å². The first kappa shape index (κ1) is 27.3. The van der Waals surface area contributed by atoms with Gasteiger partial charge in [-0.3, -0.25) is 10.2 Å². The van der Waals surface area contributed by atoms with E-state index in [1.54, 1.807) is 30.3 Å². The lowest BCUT2D eigenvalue weighted by molar-refractivity contribution is -0.163. The minimum absolute atomic E-state index is 0.0268. The van der Waals surface area contributed by atoms with Gasteiger partial charge in [-0.25, -0.2) is 14.5 Å². The number of carbonyl (C=O) groups is 2. The van der Waals surface area contributed by atoms with Crippen LogP contribution < -0.4 is 15.4 Å². The van der Waals surface area contributed by atoms with Crippen molar-refractivity contribution in [3.63, 3.8) is 0 Å². The highest BCUT2D eigenvalue weighted by Crippen LogP contribution is 2.29. The number of ether oxygens (including phenoxy) is 3. The highest BCUT2D eigenvalue weighted by atomic mass is 35.5. The standard InChI is InChI=1S/C26H32Cl2N4O5/c1-17(2)37-22-11-10-20(15-21(22)28)29-24-30-25(33)31(12-14-36-23-5-3-4-13-35-23)26(34)32(24)16-18-6-8-19(27)9-7-18/h6-11,15,17,23-24,29H,3-5,12-14,16H2,1-2H3,(H,30,33). The Morgan fingerprint density at radius 1 is 1.14 bits per heavy atom. The minimum atomic E-state index is -0.817. The fraction of sp³-hybridized carbons (Fsp3) is 0.462. The predicted octanol–water partition coefficient (Wildman–Crippen LogP) is 5.67. The van der Waals surface area contributed by atoms with E-state index in [-0.39, 0.29) is 32.1 Å². The number of benzene rings is 2. The second kappa shape index (κ2) is 12.7. The molecule has 2 aromatic carbocycles. The molecular weight excluding hydrogens is 519 g/mol. The van der Waals surface area contributed by atoms with E-state index in [2.05, 4.69) is 10.6 Å². The smallest absolute Gasteiger partial charge is 0.331 e. The van der Waals surface area contributed by atoms with Crippen molar-refractivity contribution in [3.05, 3.63) is 58.1 Å². The Kier molecular flexibility index (Phi) is 9.37. The van der Waals surface area contributed by atoms with E-state index in [1.165, 1.54) is 4.90 Å². The zero-order chi connectivity index (χ0) is 26.4. The van der Waals surface area contributed by atoms with Crippen molar-refractivity contribution in [3.8, 4) is 5.75 Å². The first-order valence-electron chi connectivity index (χ1n) is 12.4. The van der Waals surface area contributed by atoms with Crippen LogP contribution in [-0.2, 0) is 16.0 Å². The molecule has 0 saturated carbocycles. The molecule has 2 N–H and O–H groups in total. The number of rotatable bonds is 10. The van der Waals surface area contributed by atoms with Gasteiger partial charge in [0.1, 0.15) is 5.75 Å². The van der Waals surface area contributed by atoms with Gasteiger partial charge in [0.05, 0.1) is 30.8 Å². The molecule has 2 unspecified atom stereocenters. The molecule has 2 fully saturated rings. The number of hydrogen-bond acceptors (Lipinski definition) is 6. The molecular formula is C26H32Cl2N4O5. The third kappa shape index (κ3) is 7.41. The molecule has 4 rings (SSSR count). The molecule has 0 radical (unpaired) electrons. The molecule has 2 aromatic rings. The molecule has 11 heteroatoms. The van der Waals surface area contributed by atoms with Crippen molar-refractivity contribution in [2.24, 2.45) is 0 Å². The van der Waals surface area contributed by atoms with E-state index in [0.717, 1.165) is 29.7 Å². The van der Waals surface area contributed by atoms with Crippen molar-refractivity contribution in [1.82, 2.24) is 15.1 Å². The van der Waals surface area contributed by atoms with Crippen LogP contribution in [-0.4, -0.2) is 60.3 Å². The monoisotopic (exact) mass is 550 g/mol. The number of nitrogens with one attached hydrogen (secondary N) is 2. The molecule has 200 valence electrons. The fourth-order valence-electron chi connectivity index (χ4n) is 4.10. The van der Waals surface area contributed by atoms with Crippen molar-refractivity contribution in [2.75, 3.05) is 25.1 Å². The third-order valence-electron chi connectivity index (χ3n) is 5.91. The molecule has 37 heavy (non-hydrogen) atoms. The van der Waals surface area contributed by atoms with Crippen LogP contribution in [0.4, 0.5) is 15.3 Å². The molecule has 2 heterocycles. The van der Waals surface area contributed by atoms with Gasteiger partial charge >= 0.3 is 12.1 Å². The van der Waals surface area contributed by atoms with Gasteiger partial charge in [-0.1, -0.05) is 35.3 Å². The molecule has 2 saturated heterocycles. The Labute approximate surface area is 226 Å². The van der Waals surface area contributed by atoms with E-state index in [9.17, 15) is 9.59 Å². The molecule has 2 aliphatic rings. The Balaban J connectivity index is 1.48. The van der Waals surface area contributed by atoms with Crippen LogP contribution in [0.5, 0.6) is 5.75 Å². The van der Waals surface area contributed by atoms with Crippen LogP contribution in [0.1, 0.15) is 38.7 Å². The number of hydrogen-bond donors (Lipinski definition) is 2. The number of nitrogens with zero attached hydrogens (tertiary/aromatic N) is 2. The quantitative estimate of drug-likeness (QED) is 0.396. The molecule has 2 atom stereocenters. The Morgan fingerprint density at radius 2 is 1.92 bits per heavy atom. The average Bonchev–Trinajstić information content (AvgIpc) is 2.87. The second-order valence-electron chi connectivity index (χ2n) is 9.16. The first-order valence-corrected chi connectivity index (χ1v) is 13.1. The molecule has 0 spiro atoms. The summed E-state index contributed by atoms with van der Waals surface area (Å²) in [7, 11) is 0. The lowest BCUT2D eigenvalue weighted by Crippen LogP contribution is -2.67. The summed E-state index contributed by atoms with van der Waals surface area (Å²) in [5.74, 6) is 0.553. The number of halogens is 2. The van der Waals surface area contributed by atoms with Crippen LogP contribution in [0.15, 0.2) is 42.5 Å². The van der Waals surface area contributed by atoms with Crippen LogP contribution in [0.3, 0.4) is 0 Å². The summed E-state index contributed by atoms with van der Waals surface area (Å²) >= 11 is 12.4. The summed E-state index contributed by atoms with van der Waals surface area (Å²) < 4.78 is 17.0. The number of anilines is 1. The minimum Gasteiger partial charge on any atom is -0.489 e. The Bertz CT molecular complexity index is 1080. The lowest BCUT2D eigenvalue weighted by atomic mass is 10.2. The summed E-state index contributed by atoms with van der Waals surface area (Å²) in [6.07, 6.45) is 1.70. The predicted molar refractivity (Wildman–Crippen MR) is 142 cm³/mol. The van der Waals surface area contributed by atoms with E-state index < -0.39 is 18.4 Å². The van der Waals surface area contributed by atoms with Crippen molar-refractivity contribution >= 4 is 41.0 Å². The van der Waals surface area contributed by atoms with Crippen LogP contribution >= 0.6 is 23.2 Å². The Morgan fingerprint density at radius 3 is 2.59 bits per heavy atom. The first-order chi connectivity index (χ1) is 17.8. The van der Waals surface area contributed by atoms with Gasteiger partial charge in [0.2, 0.25) is 0 Å². The maximum absolute atomic E-state index is 13.5. The molecule has 4 amide bonds. The van der Waals surface area contributed by atoms with Gasteiger partial charge in [-0.2, -0.15) is 0 Å². The largest absolute Gasteiger partial charge is 0.489 e. The van der Waals surface area contributed by atoms with E-state index in [4.69, 9.17) is 37.4 Å². The van der Waals surface area contributed by atoms with Crippen molar-refractivity contribution in [2.45, 2.75) is 58.3 Å². The number of urea groups is 2. The highest BCUT2D eigenvalue weighted by molar-refractivity contribution is 6.32. The van der Waals surface area contributed by atoms with Gasteiger partial charge < -0.3 is 19.5 Å². The van der Waals surface area contributed by atoms with E-state index >= 15 is 0 Å². The van der Waals surface area contributed by atoms with E-state index in [1.807, 2.05) is 26.0 Å². The fourth-order valence-corrected chi connectivity index (χ4v) is 4.45. The highest BCUT2D eigenvalue weighted by Gasteiger charge is 2.38. The van der Waals surface area contributed by atoms with Crippen LogP contribution in [0.2, 0.25) is 10.0 Å². The van der Waals surface area contributed by atoms with E-state index in [0.29, 0.717) is 28.1 Å². The number of imide groups is 1. The van der Waals surface area contributed by atoms with Crippen LogP contribution in [0, 0.1) is 0 Å². The van der Waals surface area contributed by atoms with Crippen LogP contribution in [0.25, 0.3) is 0 Å². The summed E-state index contributed by atoms with van der Waals surface area (Å²) in [4.78, 5) is 29.2. The average molecular weight is 551 g/mol. The SMILES string of the molecule is CC(C)Oc1ccc(NC2NC(=O)N(CCOC3CCCCO3)C(=O)N2Cc2ccc(Cl)cc2)cc1Cl. The summed E-state index contributed by atoms with van der Waals surface area (Å²) in [6.45, 7) is 5.01. The molecule has 0 aliphatic carbocycles. The Hall–Kier alpha value is -2.72. The topological polar surface area (TPSA) is 92.4 Å². The molecule has 2 aliphatic heterocycles. The third-order valence-corrected chi connectivity index (χ3v) is 6.46. The van der Waals surface area contributed by atoms with Crippen molar-refractivity contribution < 1.29 is 23.8 Å². The maximum atomic E-state index is 13.5. The normalized spacial score (nSPS) is 20.2. The second-order valence-corrected chi connectivity index (χ2v) is 10.0. The summed E-state index contributed by atoms with van der Waals surface area (Å²) in [5, 5.41) is 7.09. The van der Waals surface area contributed by atoms with Gasteiger partial charge in [0.25, 0.3) is 0 Å². The molecule has 0 bridgehead atoms. The summed E-state index contributed by atoms with van der Waals surface area (Å²) in [5.41, 5.74) is 1.47. The van der Waals surface area contributed by atoms with Gasteiger partial charge in [-0.05, 0) is 69.0 Å². The zero-order valence-electron chi connectivity index (χ0n) is 20.9. The maximum Gasteiger partial charge on any atom is 0.331 e. The molecule has 9 nitrogen and oxygen atoms in total. The number of amides is 4. The van der Waals surface area contributed by atoms with Gasteiger partial charge in [-0.15, -0.1) is 0 Å². The number of carbonyl (C=O) groups excluding carboxylic acids is 2.